The molecule has 6 heteroatoms. The first-order valence-corrected chi connectivity index (χ1v) is 6.35. The van der Waals surface area contributed by atoms with Crippen LogP contribution >= 0.6 is 23.2 Å². The van der Waals surface area contributed by atoms with Gasteiger partial charge in [-0.1, -0.05) is 41.4 Å². The summed E-state index contributed by atoms with van der Waals surface area (Å²) in [6.45, 7) is 0. The maximum atomic E-state index is 12.5. The Morgan fingerprint density at radius 2 is 1.55 bits per heavy atom. The van der Waals surface area contributed by atoms with E-state index in [0.29, 0.717) is 16.1 Å². The third-order valence-electron chi connectivity index (χ3n) is 2.81. The molecule has 0 spiro atoms. The van der Waals surface area contributed by atoms with Gasteiger partial charge in [0.15, 0.2) is 0 Å². The molecule has 1 atom stereocenters. The molecular weight excluding hydrogens is 312 g/mol. The quantitative estimate of drug-likeness (QED) is 0.816. The van der Waals surface area contributed by atoms with Crippen LogP contribution in [0.1, 0.15) is 22.8 Å². The van der Waals surface area contributed by atoms with Crippen molar-refractivity contribution in [2.24, 2.45) is 0 Å². The molecule has 0 aromatic heterocycles. The highest BCUT2D eigenvalue weighted by Gasteiger charge is 2.30. The molecule has 0 heterocycles. The van der Waals surface area contributed by atoms with Gasteiger partial charge in [0.2, 0.25) is 0 Å². The van der Waals surface area contributed by atoms with Gasteiger partial charge in [-0.3, -0.25) is 0 Å². The Morgan fingerprint density at radius 3 is 2.05 bits per heavy atom. The van der Waals surface area contributed by atoms with E-state index < -0.39 is 17.8 Å². The van der Waals surface area contributed by atoms with Crippen LogP contribution in [0, 0.1) is 0 Å². The number of rotatable bonds is 2. The van der Waals surface area contributed by atoms with Crippen LogP contribution in [0.4, 0.5) is 13.2 Å². The third kappa shape index (κ3) is 3.26. The van der Waals surface area contributed by atoms with Crippen LogP contribution in [0.25, 0.3) is 0 Å². The number of aliphatic hydroxyl groups excluding tert-OH is 1. The summed E-state index contributed by atoms with van der Waals surface area (Å²) in [5.41, 5.74) is -0.0614. The van der Waals surface area contributed by atoms with Crippen LogP contribution in [0.3, 0.4) is 0 Å². The highest BCUT2D eigenvalue weighted by Crippen LogP contribution is 2.33. The van der Waals surface area contributed by atoms with Crippen LogP contribution in [-0.2, 0) is 6.18 Å². The van der Waals surface area contributed by atoms with Crippen LogP contribution in [0.2, 0.25) is 10.0 Å². The summed E-state index contributed by atoms with van der Waals surface area (Å²) in [5, 5.41) is 10.8. The lowest BCUT2D eigenvalue weighted by Crippen LogP contribution is -2.06. The zero-order chi connectivity index (χ0) is 14.9. The van der Waals surface area contributed by atoms with Gasteiger partial charge in [0.1, 0.15) is 6.10 Å². The minimum atomic E-state index is -4.40. The number of benzene rings is 2. The summed E-state index contributed by atoms with van der Waals surface area (Å²) in [6, 6.07) is 8.83. The Hall–Kier alpha value is -1.23. The van der Waals surface area contributed by atoms with Crippen molar-refractivity contribution < 1.29 is 18.3 Å². The lowest BCUT2D eigenvalue weighted by atomic mass is 10.0. The minimum Gasteiger partial charge on any atom is -0.384 e. The van der Waals surface area contributed by atoms with Gasteiger partial charge in [-0.05, 0) is 29.8 Å². The largest absolute Gasteiger partial charge is 0.416 e. The molecular formula is C14H9Cl2F3O. The Bertz CT molecular complexity index is 609. The predicted molar refractivity (Wildman–Crippen MR) is 72.0 cm³/mol. The van der Waals surface area contributed by atoms with Crippen LogP contribution < -0.4 is 0 Å². The normalized spacial score (nSPS) is 13.3. The first-order chi connectivity index (χ1) is 9.29. The molecule has 2 aromatic rings. The van der Waals surface area contributed by atoms with Crippen LogP contribution in [0.5, 0.6) is 0 Å². The number of hydrogen-bond donors (Lipinski definition) is 1. The second kappa shape index (κ2) is 5.64. The fraction of sp³-hybridized carbons (Fsp3) is 0.143. The average molecular weight is 321 g/mol. The van der Waals surface area contributed by atoms with Crippen molar-refractivity contribution in [3.63, 3.8) is 0 Å². The third-order valence-corrected chi connectivity index (χ3v) is 3.37. The second-order valence-electron chi connectivity index (χ2n) is 4.19. The van der Waals surface area contributed by atoms with E-state index in [-0.39, 0.29) is 5.02 Å². The second-order valence-corrected chi connectivity index (χ2v) is 5.03. The van der Waals surface area contributed by atoms with E-state index in [4.69, 9.17) is 23.2 Å². The van der Waals surface area contributed by atoms with Gasteiger partial charge in [0, 0.05) is 15.6 Å². The fourth-order valence-corrected chi connectivity index (χ4v) is 2.27. The number of aliphatic hydroxyl groups is 1. The van der Waals surface area contributed by atoms with E-state index >= 15 is 0 Å². The average Bonchev–Trinajstić information content (AvgIpc) is 2.37. The minimum absolute atomic E-state index is 0.255. The molecule has 0 radical (unpaired) electrons. The summed E-state index contributed by atoms with van der Waals surface area (Å²) in [4.78, 5) is 0. The highest BCUT2D eigenvalue weighted by atomic mass is 35.5. The van der Waals surface area contributed by atoms with Gasteiger partial charge in [0.05, 0.1) is 5.56 Å². The van der Waals surface area contributed by atoms with E-state index in [0.717, 1.165) is 12.1 Å². The topological polar surface area (TPSA) is 20.2 Å². The van der Waals surface area contributed by atoms with Crippen molar-refractivity contribution in [1.82, 2.24) is 0 Å². The van der Waals surface area contributed by atoms with Crippen molar-refractivity contribution in [2.75, 3.05) is 0 Å². The first kappa shape index (κ1) is 15.2. The molecule has 0 aliphatic heterocycles. The van der Waals surface area contributed by atoms with Gasteiger partial charge in [-0.2, -0.15) is 13.2 Å². The van der Waals surface area contributed by atoms with E-state index in [1.54, 1.807) is 6.07 Å². The molecule has 0 amide bonds. The standard InChI is InChI=1S/C14H9Cl2F3O/c15-10-5-6-11(12(16)7-10)13(20)8-1-3-9(4-2-8)14(17,18)19/h1-7,13,20H. The van der Waals surface area contributed by atoms with E-state index in [1.165, 1.54) is 24.3 Å². The van der Waals surface area contributed by atoms with E-state index in [9.17, 15) is 18.3 Å². The zero-order valence-corrected chi connectivity index (χ0v) is 11.5. The molecule has 1 nitrogen and oxygen atoms in total. The lowest BCUT2D eigenvalue weighted by Gasteiger charge is -2.14. The van der Waals surface area contributed by atoms with Gasteiger partial charge < -0.3 is 5.11 Å². The van der Waals surface area contributed by atoms with Crippen LogP contribution in [0.15, 0.2) is 42.5 Å². The Balaban J connectivity index is 2.31. The van der Waals surface area contributed by atoms with Gasteiger partial charge >= 0.3 is 6.18 Å². The van der Waals surface area contributed by atoms with E-state index in [2.05, 4.69) is 0 Å². The maximum absolute atomic E-state index is 12.5. The number of hydrogen-bond acceptors (Lipinski definition) is 1. The molecule has 0 saturated carbocycles. The predicted octanol–water partition coefficient (Wildman–Crippen LogP) is 5.09. The number of halogens is 5. The molecule has 1 N–H and O–H groups in total. The lowest BCUT2D eigenvalue weighted by molar-refractivity contribution is -0.137. The Morgan fingerprint density at radius 1 is 0.950 bits per heavy atom. The summed E-state index contributed by atoms with van der Waals surface area (Å²) in [7, 11) is 0. The molecule has 0 bridgehead atoms. The smallest absolute Gasteiger partial charge is 0.384 e. The Labute approximate surface area is 123 Å². The Kier molecular flexibility index (Phi) is 4.28. The fourth-order valence-electron chi connectivity index (χ4n) is 1.76. The molecule has 0 fully saturated rings. The van der Waals surface area contributed by atoms with Crippen molar-refractivity contribution >= 4 is 23.2 Å². The first-order valence-electron chi connectivity index (χ1n) is 5.59. The monoisotopic (exact) mass is 320 g/mol. The maximum Gasteiger partial charge on any atom is 0.416 e. The molecule has 2 aromatic carbocycles. The van der Waals surface area contributed by atoms with Crippen molar-refractivity contribution in [3.05, 3.63) is 69.2 Å². The van der Waals surface area contributed by atoms with Crippen LogP contribution in [-0.4, -0.2) is 5.11 Å². The summed E-state index contributed by atoms with van der Waals surface area (Å²) < 4.78 is 37.4. The van der Waals surface area contributed by atoms with Gasteiger partial charge in [-0.15, -0.1) is 0 Å². The summed E-state index contributed by atoms with van der Waals surface area (Å²) in [5.74, 6) is 0. The molecule has 0 aliphatic carbocycles. The molecule has 20 heavy (non-hydrogen) atoms. The van der Waals surface area contributed by atoms with E-state index in [1.807, 2.05) is 0 Å². The zero-order valence-electron chi connectivity index (χ0n) is 9.96. The summed E-state index contributed by atoms with van der Waals surface area (Å²) >= 11 is 11.7. The molecule has 0 saturated heterocycles. The number of alkyl halides is 3. The highest BCUT2D eigenvalue weighted by molar-refractivity contribution is 6.35. The SMILES string of the molecule is OC(c1ccc(C(F)(F)F)cc1)c1ccc(Cl)cc1Cl. The molecule has 0 aliphatic rings. The summed E-state index contributed by atoms with van der Waals surface area (Å²) in [6.07, 6.45) is -5.51. The van der Waals surface area contributed by atoms with Gasteiger partial charge in [-0.25, -0.2) is 0 Å². The van der Waals surface area contributed by atoms with Crippen molar-refractivity contribution in [1.29, 1.82) is 0 Å². The molecule has 2 rings (SSSR count). The van der Waals surface area contributed by atoms with Crippen molar-refractivity contribution in [2.45, 2.75) is 12.3 Å². The van der Waals surface area contributed by atoms with Gasteiger partial charge in [0.25, 0.3) is 0 Å². The molecule has 1 unspecified atom stereocenters. The van der Waals surface area contributed by atoms with Crippen molar-refractivity contribution in [3.8, 4) is 0 Å². The molecule has 106 valence electrons.